The van der Waals surface area contributed by atoms with E-state index in [4.69, 9.17) is 10.5 Å². The highest BCUT2D eigenvalue weighted by atomic mass is 32.1. The van der Waals surface area contributed by atoms with Crippen molar-refractivity contribution in [3.8, 4) is 0 Å². The Morgan fingerprint density at radius 1 is 1.69 bits per heavy atom. The van der Waals surface area contributed by atoms with Crippen LogP contribution in [0.1, 0.15) is 31.2 Å². The molecule has 0 bridgehead atoms. The topological polar surface area (TPSA) is 51.4 Å². The second kappa shape index (κ2) is 4.69. The van der Waals surface area contributed by atoms with Gasteiger partial charge in [0.2, 0.25) is 0 Å². The van der Waals surface area contributed by atoms with Crippen molar-refractivity contribution in [3.05, 3.63) is 11.1 Å². The molecule has 1 aromatic heterocycles. The number of ether oxygens (including phenoxy) is 1. The van der Waals surface area contributed by atoms with Crippen molar-refractivity contribution in [1.29, 1.82) is 0 Å². The van der Waals surface area contributed by atoms with Gasteiger partial charge in [0.1, 0.15) is 0 Å². The number of likely N-dealkylation sites (N-methyl/N-ethyl adjacent to an activating group) is 1. The second-order valence-corrected chi connectivity index (χ2v) is 5.42. The molecule has 1 saturated heterocycles. The molecule has 0 aromatic carbocycles. The summed E-state index contributed by atoms with van der Waals surface area (Å²) in [4.78, 5) is 7.77. The molecule has 3 unspecified atom stereocenters. The predicted molar refractivity (Wildman–Crippen MR) is 66.9 cm³/mol. The molecule has 0 spiro atoms. The molecule has 1 aliphatic heterocycles. The number of thiazole rings is 1. The molecule has 0 aliphatic carbocycles. The van der Waals surface area contributed by atoms with Gasteiger partial charge in [-0.3, -0.25) is 0 Å². The van der Waals surface area contributed by atoms with Gasteiger partial charge < -0.3 is 15.4 Å². The summed E-state index contributed by atoms with van der Waals surface area (Å²) in [5.74, 6) is 0. The molecule has 90 valence electrons. The van der Waals surface area contributed by atoms with Crippen molar-refractivity contribution in [2.24, 2.45) is 5.73 Å². The quantitative estimate of drug-likeness (QED) is 0.876. The molecule has 1 aromatic rings. The largest absolute Gasteiger partial charge is 0.376 e. The highest BCUT2D eigenvalue weighted by Crippen LogP contribution is 2.29. The zero-order valence-corrected chi connectivity index (χ0v) is 10.8. The summed E-state index contributed by atoms with van der Waals surface area (Å²) in [6.07, 6.45) is 3.24. The SMILES string of the molecule is CC(N)c1cnc(N(C)C2CCOC2C)s1. The fourth-order valence-electron chi connectivity index (χ4n) is 2.02. The third kappa shape index (κ3) is 2.21. The maximum Gasteiger partial charge on any atom is 0.185 e. The van der Waals surface area contributed by atoms with Crippen molar-refractivity contribution >= 4 is 16.5 Å². The first kappa shape index (κ1) is 11.8. The fourth-order valence-corrected chi connectivity index (χ4v) is 2.91. The summed E-state index contributed by atoms with van der Waals surface area (Å²) in [6.45, 7) is 4.95. The minimum atomic E-state index is 0.0666. The molecule has 0 amide bonds. The summed E-state index contributed by atoms with van der Waals surface area (Å²) in [5.41, 5.74) is 5.84. The van der Waals surface area contributed by atoms with E-state index in [9.17, 15) is 0 Å². The van der Waals surface area contributed by atoms with Gasteiger partial charge in [0.15, 0.2) is 5.13 Å². The van der Waals surface area contributed by atoms with Gasteiger partial charge >= 0.3 is 0 Å². The maximum atomic E-state index is 5.84. The Morgan fingerprint density at radius 2 is 2.44 bits per heavy atom. The number of aromatic nitrogens is 1. The first-order valence-electron chi connectivity index (χ1n) is 5.65. The molecule has 2 N–H and O–H groups in total. The Hall–Kier alpha value is -0.650. The predicted octanol–water partition coefficient (Wildman–Crippen LogP) is 1.78. The standard InChI is InChI=1S/C11H19N3OS/c1-7(12)10-6-13-11(16-10)14(3)9-4-5-15-8(9)2/h6-9H,4-5,12H2,1-3H3. The van der Waals surface area contributed by atoms with Gasteiger partial charge in [-0.05, 0) is 20.3 Å². The van der Waals surface area contributed by atoms with Crippen molar-refractivity contribution in [3.63, 3.8) is 0 Å². The van der Waals surface area contributed by atoms with E-state index in [1.165, 1.54) is 0 Å². The zero-order valence-electron chi connectivity index (χ0n) is 10.0. The van der Waals surface area contributed by atoms with Gasteiger partial charge in [-0.15, -0.1) is 11.3 Å². The van der Waals surface area contributed by atoms with E-state index in [1.54, 1.807) is 11.3 Å². The number of nitrogens with zero attached hydrogens (tertiary/aromatic N) is 2. The third-order valence-corrected chi connectivity index (χ3v) is 4.38. The molecule has 2 heterocycles. The Bertz CT molecular complexity index is 353. The number of anilines is 1. The van der Waals surface area contributed by atoms with Gasteiger partial charge in [-0.25, -0.2) is 4.98 Å². The summed E-state index contributed by atoms with van der Waals surface area (Å²) in [7, 11) is 2.08. The van der Waals surface area contributed by atoms with Crippen molar-refractivity contribution in [1.82, 2.24) is 4.98 Å². The Balaban J connectivity index is 2.10. The van der Waals surface area contributed by atoms with Crippen LogP contribution in [-0.2, 0) is 4.74 Å². The summed E-state index contributed by atoms with van der Waals surface area (Å²) >= 11 is 1.67. The first-order valence-corrected chi connectivity index (χ1v) is 6.47. The molecular formula is C11H19N3OS. The van der Waals surface area contributed by atoms with Gasteiger partial charge in [-0.2, -0.15) is 0 Å². The molecule has 1 fully saturated rings. The lowest BCUT2D eigenvalue weighted by molar-refractivity contribution is 0.118. The fraction of sp³-hybridized carbons (Fsp3) is 0.727. The molecule has 0 radical (unpaired) electrons. The van der Waals surface area contributed by atoms with Crippen LogP contribution in [0.2, 0.25) is 0 Å². The Labute approximate surface area is 100 Å². The molecule has 2 rings (SSSR count). The highest BCUT2D eigenvalue weighted by Gasteiger charge is 2.29. The molecule has 4 nitrogen and oxygen atoms in total. The Kier molecular flexibility index (Phi) is 3.47. The molecule has 1 aliphatic rings. The van der Waals surface area contributed by atoms with Crippen molar-refractivity contribution in [2.45, 2.75) is 38.5 Å². The minimum absolute atomic E-state index is 0.0666. The van der Waals surface area contributed by atoms with E-state index in [2.05, 4.69) is 23.9 Å². The monoisotopic (exact) mass is 241 g/mol. The number of hydrogen-bond acceptors (Lipinski definition) is 5. The van der Waals surface area contributed by atoms with Crippen LogP contribution in [0.4, 0.5) is 5.13 Å². The molecule has 5 heteroatoms. The van der Waals surface area contributed by atoms with E-state index >= 15 is 0 Å². The third-order valence-electron chi connectivity index (χ3n) is 3.10. The smallest absolute Gasteiger partial charge is 0.185 e. The van der Waals surface area contributed by atoms with Gasteiger partial charge in [-0.1, -0.05) is 0 Å². The summed E-state index contributed by atoms with van der Waals surface area (Å²) in [6, 6.07) is 0.504. The van der Waals surface area contributed by atoms with Gasteiger partial charge in [0, 0.05) is 30.8 Å². The van der Waals surface area contributed by atoms with Crippen LogP contribution in [-0.4, -0.2) is 30.8 Å². The van der Waals surface area contributed by atoms with Crippen LogP contribution >= 0.6 is 11.3 Å². The van der Waals surface area contributed by atoms with Crippen LogP contribution in [0.25, 0.3) is 0 Å². The zero-order chi connectivity index (χ0) is 11.7. The maximum absolute atomic E-state index is 5.84. The van der Waals surface area contributed by atoms with E-state index < -0.39 is 0 Å². The van der Waals surface area contributed by atoms with E-state index in [0.29, 0.717) is 6.04 Å². The van der Waals surface area contributed by atoms with Crippen molar-refractivity contribution < 1.29 is 4.74 Å². The lowest BCUT2D eigenvalue weighted by Gasteiger charge is -2.26. The van der Waals surface area contributed by atoms with Crippen LogP contribution in [0.3, 0.4) is 0 Å². The Morgan fingerprint density at radius 3 is 2.94 bits per heavy atom. The molecule has 0 saturated carbocycles. The van der Waals surface area contributed by atoms with Crippen LogP contribution in [0, 0.1) is 0 Å². The normalized spacial score (nSPS) is 27.0. The minimum Gasteiger partial charge on any atom is -0.376 e. The van der Waals surface area contributed by atoms with Crippen LogP contribution in [0.5, 0.6) is 0 Å². The molecular weight excluding hydrogens is 222 g/mol. The average molecular weight is 241 g/mol. The summed E-state index contributed by atoms with van der Waals surface area (Å²) < 4.78 is 5.57. The second-order valence-electron chi connectivity index (χ2n) is 4.38. The molecule has 16 heavy (non-hydrogen) atoms. The van der Waals surface area contributed by atoms with E-state index in [0.717, 1.165) is 23.0 Å². The number of hydrogen-bond donors (Lipinski definition) is 1. The van der Waals surface area contributed by atoms with Gasteiger partial charge in [0.25, 0.3) is 0 Å². The average Bonchev–Trinajstić information content (AvgIpc) is 2.84. The number of rotatable bonds is 3. The van der Waals surface area contributed by atoms with E-state index in [1.807, 2.05) is 13.1 Å². The highest BCUT2D eigenvalue weighted by molar-refractivity contribution is 7.15. The first-order chi connectivity index (χ1) is 7.59. The lowest BCUT2D eigenvalue weighted by atomic mass is 10.1. The van der Waals surface area contributed by atoms with Crippen LogP contribution < -0.4 is 10.6 Å². The van der Waals surface area contributed by atoms with Gasteiger partial charge in [0.05, 0.1) is 12.1 Å². The molecule has 3 atom stereocenters. The van der Waals surface area contributed by atoms with Crippen LogP contribution in [0.15, 0.2) is 6.20 Å². The van der Waals surface area contributed by atoms with E-state index in [-0.39, 0.29) is 12.1 Å². The lowest BCUT2D eigenvalue weighted by Crippen LogP contribution is -2.36. The summed E-state index contributed by atoms with van der Waals surface area (Å²) in [5, 5.41) is 1.04. The number of nitrogens with two attached hydrogens (primary N) is 1. The van der Waals surface area contributed by atoms with Crippen molar-refractivity contribution in [2.75, 3.05) is 18.6 Å².